The normalized spacial score (nSPS) is 21.6. The fraction of sp³-hybridized carbons (Fsp3) is 0.222. The maximum absolute atomic E-state index is 5.25. The summed E-state index contributed by atoms with van der Waals surface area (Å²) in [4.78, 5) is 3.99. The van der Waals surface area contributed by atoms with Gasteiger partial charge in [0, 0.05) is 0 Å². The Labute approximate surface area is 65.5 Å². The van der Waals surface area contributed by atoms with Crippen LogP contribution in [0.4, 0.5) is 0 Å². The standard InChI is InChI=1S/C9H9NO/c1-2-4-8(5-3-1)9-6-10-7-11-9/h1-5,7,9H,6H2/t9-/m1/s1. The third-order valence-electron chi connectivity index (χ3n) is 1.74. The minimum atomic E-state index is 0.149. The molecule has 1 heterocycles. The molecule has 0 aromatic heterocycles. The summed E-state index contributed by atoms with van der Waals surface area (Å²) in [6, 6.07) is 10.1. The first-order valence-electron chi connectivity index (χ1n) is 3.65. The van der Waals surface area contributed by atoms with Crippen molar-refractivity contribution in [2.75, 3.05) is 6.54 Å². The minimum Gasteiger partial charge on any atom is -0.474 e. The molecule has 2 heteroatoms. The van der Waals surface area contributed by atoms with E-state index in [9.17, 15) is 0 Å². The second-order valence-electron chi connectivity index (χ2n) is 2.51. The molecule has 0 radical (unpaired) electrons. The fourth-order valence-electron chi connectivity index (χ4n) is 1.15. The maximum Gasteiger partial charge on any atom is 0.170 e. The Bertz CT molecular complexity index is 248. The Balaban J connectivity index is 2.17. The van der Waals surface area contributed by atoms with Crippen molar-refractivity contribution in [2.45, 2.75) is 6.10 Å². The van der Waals surface area contributed by atoms with E-state index in [1.807, 2.05) is 18.2 Å². The highest BCUT2D eigenvalue weighted by Gasteiger charge is 2.13. The fourth-order valence-corrected chi connectivity index (χ4v) is 1.15. The van der Waals surface area contributed by atoms with Crippen LogP contribution in [0, 0.1) is 0 Å². The van der Waals surface area contributed by atoms with E-state index >= 15 is 0 Å². The van der Waals surface area contributed by atoms with Gasteiger partial charge >= 0.3 is 0 Å². The quantitative estimate of drug-likeness (QED) is 0.593. The van der Waals surface area contributed by atoms with E-state index in [1.165, 1.54) is 12.0 Å². The zero-order valence-corrected chi connectivity index (χ0v) is 6.10. The van der Waals surface area contributed by atoms with Crippen molar-refractivity contribution in [2.24, 2.45) is 4.99 Å². The van der Waals surface area contributed by atoms with Crippen molar-refractivity contribution in [1.29, 1.82) is 0 Å². The number of nitrogens with zero attached hydrogens (tertiary/aromatic N) is 1. The van der Waals surface area contributed by atoms with E-state index in [2.05, 4.69) is 17.1 Å². The van der Waals surface area contributed by atoms with Crippen molar-refractivity contribution in [3.8, 4) is 0 Å². The topological polar surface area (TPSA) is 21.6 Å². The molecule has 1 aliphatic rings. The second kappa shape index (κ2) is 2.74. The predicted octanol–water partition coefficient (Wildman–Crippen LogP) is 1.79. The van der Waals surface area contributed by atoms with Gasteiger partial charge in [-0.25, -0.2) is 0 Å². The molecule has 56 valence electrons. The number of benzene rings is 1. The lowest BCUT2D eigenvalue weighted by atomic mass is 10.1. The van der Waals surface area contributed by atoms with Crippen LogP contribution in [0.3, 0.4) is 0 Å². The summed E-state index contributed by atoms with van der Waals surface area (Å²) in [5, 5.41) is 0. The number of aliphatic imine (C=N–C) groups is 1. The van der Waals surface area contributed by atoms with Gasteiger partial charge in [-0.15, -0.1) is 0 Å². The molecule has 0 bridgehead atoms. The van der Waals surface area contributed by atoms with Gasteiger partial charge < -0.3 is 4.74 Å². The molecular formula is C9H9NO. The van der Waals surface area contributed by atoms with Crippen LogP contribution in [0.1, 0.15) is 11.7 Å². The molecule has 2 rings (SSSR count). The molecule has 0 fully saturated rings. The maximum atomic E-state index is 5.25. The second-order valence-corrected chi connectivity index (χ2v) is 2.51. The molecule has 2 nitrogen and oxygen atoms in total. The average molecular weight is 147 g/mol. The summed E-state index contributed by atoms with van der Waals surface area (Å²) in [5.74, 6) is 0. The van der Waals surface area contributed by atoms with Gasteiger partial charge in [0.05, 0.1) is 6.54 Å². The van der Waals surface area contributed by atoms with E-state index in [0.717, 1.165) is 6.54 Å². The third kappa shape index (κ3) is 1.24. The molecular weight excluding hydrogens is 138 g/mol. The summed E-state index contributed by atoms with van der Waals surface area (Å²) in [6.45, 7) is 0.754. The van der Waals surface area contributed by atoms with Crippen molar-refractivity contribution >= 4 is 6.40 Å². The first-order chi connectivity index (χ1) is 5.47. The Morgan fingerprint density at radius 3 is 2.73 bits per heavy atom. The highest BCUT2D eigenvalue weighted by atomic mass is 16.5. The largest absolute Gasteiger partial charge is 0.474 e. The molecule has 1 aromatic carbocycles. The molecule has 11 heavy (non-hydrogen) atoms. The Morgan fingerprint density at radius 1 is 1.27 bits per heavy atom. The molecule has 0 amide bonds. The summed E-state index contributed by atoms with van der Waals surface area (Å²) < 4.78 is 5.25. The Hall–Kier alpha value is -1.31. The predicted molar refractivity (Wildman–Crippen MR) is 43.6 cm³/mol. The molecule has 0 spiro atoms. The van der Waals surface area contributed by atoms with Crippen LogP contribution in [0.5, 0.6) is 0 Å². The lowest BCUT2D eigenvalue weighted by Gasteiger charge is -2.07. The summed E-state index contributed by atoms with van der Waals surface area (Å²) in [7, 11) is 0. The highest BCUT2D eigenvalue weighted by molar-refractivity contribution is 5.49. The summed E-state index contributed by atoms with van der Waals surface area (Å²) >= 11 is 0. The van der Waals surface area contributed by atoms with E-state index in [-0.39, 0.29) is 6.10 Å². The summed E-state index contributed by atoms with van der Waals surface area (Å²) in [5.41, 5.74) is 1.20. The van der Waals surface area contributed by atoms with Gasteiger partial charge in [-0.1, -0.05) is 30.3 Å². The first kappa shape index (κ1) is 6.40. The van der Waals surface area contributed by atoms with Gasteiger partial charge in [0.1, 0.15) is 6.10 Å². The minimum absolute atomic E-state index is 0.149. The van der Waals surface area contributed by atoms with Crippen molar-refractivity contribution in [3.05, 3.63) is 35.9 Å². The number of hydrogen-bond acceptors (Lipinski definition) is 2. The van der Waals surface area contributed by atoms with Gasteiger partial charge in [-0.3, -0.25) is 4.99 Å². The van der Waals surface area contributed by atoms with E-state index in [0.29, 0.717) is 0 Å². The van der Waals surface area contributed by atoms with Crippen LogP contribution in [-0.4, -0.2) is 12.9 Å². The average Bonchev–Trinajstić information content (AvgIpc) is 2.58. The molecule has 0 saturated carbocycles. The number of ether oxygens (including phenoxy) is 1. The van der Waals surface area contributed by atoms with Crippen LogP contribution in [0.15, 0.2) is 35.3 Å². The number of rotatable bonds is 1. The zero-order chi connectivity index (χ0) is 7.52. The van der Waals surface area contributed by atoms with Gasteiger partial charge in [-0.2, -0.15) is 0 Å². The SMILES string of the molecule is C1=NC[C@H](c2ccccc2)O1. The van der Waals surface area contributed by atoms with Gasteiger partial charge in [0.25, 0.3) is 0 Å². The van der Waals surface area contributed by atoms with Crippen LogP contribution in [0.25, 0.3) is 0 Å². The van der Waals surface area contributed by atoms with Gasteiger partial charge in [-0.05, 0) is 5.56 Å². The van der Waals surface area contributed by atoms with E-state index < -0.39 is 0 Å². The smallest absolute Gasteiger partial charge is 0.170 e. The van der Waals surface area contributed by atoms with Crippen molar-refractivity contribution in [3.63, 3.8) is 0 Å². The van der Waals surface area contributed by atoms with Crippen molar-refractivity contribution < 1.29 is 4.74 Å². The lowest BCUT2D eigenvalue weighted by molar-refractivity contribution is 0.240. The Kier molecular flexibility index (Phi) is 1.60. The Morgan fingerprint density at radius 2 is 2.09 bits per heavy atom. The van der Waals surface area contributed by atoms with E-state index in [4.69, 9.17) is 4.74 Å². The molecule has 0 aliphatic carbocycles. The van der Waals surface area contributed by atoms with E-state index in [1.54, 1.807) is 0 Å². The zero-order valence-electron chi connectivity index (χ0n) is 6.10. The monoisotopic (exact) mass is 147 g/mol. The van der Waals surface area contributed by atoms with Gasteiger partial charge in [0.2, 0.25) is 0 Å². The molecule has 0 saturated heterocycles. The van der Waals surface area contributed by atoms with Crippen LogP contribution in [0.2, 0.25) is 0 Å². The number of hydrogen-bond donors (Lipinski definition) is 0. The van der Waals surface area contributed by atoms with Crippen LogP contribution >= 0.6 is 0 Å². The lowest BCUT2D eigenvalue weighted by Crippen LogP contribution is -1.99. The molecule has 1 aromatic rings. The molecule has 0 N–H and O–H groups in total. The molecule has 0 unspecified atom stereocenters. The highest BCUT2D eigenvalue weighted by Crippen LogP contribution is 2.19. The molecule has 1 aliphatic heterocycles. The van der Waals surface area contributed by atoms with Gasteiger partial charge in [0.15, 0.2) is 6.40 Å². The van der Waals surface area contributed by atoms with Crippen LogP contribution in [-0.2, 0) is 4.74 Å². The first-order valence-corrected chi connectivity index (χ1v) is 3.65. The summed E-state index contributed by atoms with van der Waals surface area (Å²) in [6.07, 6.45) is 1.67. The molecule has 1 atom stereocenters. The third-order valence-corrected chi connectivity index (χ3v) is 1.74. The van der Waals surface area contributed by atoms with Crippen molar-refractivity contribution in [1.82, 2.24) is 0 Å². The van der Waals surface area contributed by atoms with Crippen LogP contribution < -0.4 is 0 Å².